The van der Waals surface area contributed by atoms with E-state index in [4.69, 9.17) is 9.84 Å². The van der Waals surface area contributed by atoms with Gasteiger partial charge in [-0.1, -0.05) is 0 Å². The zero-order valence-electron chi connectivity index (χ0n) is 5.58. The monoisotopic (exact) mass is 130 g/mol. The molecule has 1 rings (SSSR count). The summed E-state index contributed by atoms with van der Waals surface area (Å²) in [7, 11) is 0. The van der Waals surface area contributed by atoms with Gasteiger partial charge in [-0.25, -0.2) is 5.32 Å². The number of nitrogens with zero attached hydrogens (tertiary/aromatic N) is 1. The number of hydrogen-bond acceptors (Lipinski definition) is 2. The largest absolute Gasteiger partial charge is 0.391 e. The summed E-state index contributed by atoms with van der Waals surface area (Å²) in [4.78, 5) is 0. The molecule has 0 bridgehead atoms. The minimum absolute atomic E-state index is 0.0162. The fourth-order valence-corrected chi connectivity index (χ4v) is 0.895. The number of aliphatic hydroxyl groups excluding tert-OH is 1. The van der Waals surface area contributed by atoms with Gasteiger partial charge in [0.25, 0.3) is 0 Å². The van der Waals surface area contributed by atoms with Gasteiger partial charge < -0.3 is 9.84 Å². The second-order valence-corrected chi connectivity index (χ2v) is 2.31. The van der Waals surface area contributed by atoms with Crippen molar-refractivity contribution < 1.29 is 9.84 Å². The highest BCUT2D eigenvalue weighted by Gasteiger charge is 2.18. The van der Waals surface area contributed by atoms with E-state index in [1.807, 2.05) is 0 Å². The van der Waals surface area contributed by atoms with Gasteiger partial charge >= 0.3 is 0 Å². The van der Waals surface area contributed by atoms with Crippen LogP contribution in [0.2, 0.25) is 0 Å². The molecule has 1 fully saturated rings. The van der Waals surface area contributed by atoms with Crippen molar-refractivity contribution in [3.63, 3.8) is 0 Å². The molecular weight excluding hydrogens is 118 g/mol. The summed E-state index contributed by atoms with van der Waals surface area (Å²) in [5.41, 5.74) is 0. The number of ether oxygens (including phenoxy) is 1. The molecule has 3 heteroatoms. The van der Waals surface area contributed by atoms with Crippen LogP contribution in [0.25, 0.3) is 0 Å². The molecule has 1 saturated heterocycles. The van der Waals surface area contributed by atoms with Crippen molar-refractivity contribution in [1.82, 2.24) is 5.32 Å². The molecule has 0 aliphatic carbocycles. The standard InChI is InChI=1S/C6H12NO2/c1-5(8)6-2-3-7-4-9-6/h5-6,8H,2-4H2,1H3. The van der Waals surface area contributed by atoms with Crippen LogP contribution in [0.15, 0.2) is 0 Å². The van der Waals surface area contributed by atoms with Gasteiger partial charge in [0.15, 0.2) is 0 Å². The van der Waals surface area contributed by atoms with Crippen molar-refractivity contribution in [1.29, 1.82) is 0 Å². The van der Waals surface area contributed by atoms with E-state index in [0.29, 0.717) is 6.73 Å². The first-order chi connectivity index (χ1) is 4.30. The normalized spacial score (nSPS) is 32.0. The van der Waals surface area contributed by atoms with E-state index in [-0.39, 0.29) is 12.2 Å². The Balaban J connectivity index is 2.23. The van der Waals surface area contributed by atoms with E-state index in [1.165, 1.54) is 0 Å². The molecule has 9 heavy (non-hydrogen) atoms. The van der Waals surface area contributed by atoms with Crippen LogP contribution in [-0.2, 0) is 4.74 Å². The zero-order chi connectivity index (χ0) is 6.69. The highest BCUT2D eigenvalue weighted by Crippen LogP contribution is 2.06. The summed E-state index contributed by atoms with van der Waals surface area (Å²) < 4.78 is 5.12. The minimum atomic E-state index is -0.347. The summed E-state index contributed by atoms with van der Waals surface area (Å²) in [6.07, 6.45) is 0.528. The molecule has 1 heterocycles. The van der Waals surface area contributed by atoms with Gasteiger partial charge in [-0.15, -0.1) is 0 Å². The maximum atomic E-state index is 9.01. The lowest BCUT2D eigenvalue weighted by atomic mass is 10.1. The van der Waals surface area contributed by atoms with Gasteiger partial charge in [0.05, 0.1) is 12.2 Å². The average Bonchev–Trinajstić information content (AvgIpc) is 1.90. The molecule has 0 aromatic rings. The fourth-order valence-electron chi connectivity index (χ4n) is 0.895. The lowest BCUT2D eigenvalue weighted by Gasteiger charge is -2.24. The summed E-state index contributed by atoms with van der Waals surface area (Å²) in [6.45, 7) is 3.03. The Hall–Kier alpha value is -0.120. The van der Waals surface area contributed by atoms with Crippen LogP contribution >= 0.6 is 0 Å². The molecule has 1 aliphatic rings. The Kier molecular flexibility index (Phi) is 2.45. The van der Waals surface area contributed by atoms with E-state index < -0.39 is 0 Å². The van der Waals surface area contributed by atoms with E-state index in [1.54, 1.807) is 6.92 Å². The molecular formula is C6H12NO2. The molecule has 1 radical (unpaired) electrons. The van der Waals surface area contributed by atoms with Crippen LogP contribution in [-0.4, -0.2) is 30.6 Å². The average molecular weight is 130 g/mol. The molecule has 1 aliphatic heterocycles. The van der Waals surface area contributed by atoms with E-state index in [9.17, 15) is 0 Å². The highest BCUT2D eigenvalue weighted by molar-refractivity contribution is 4.68. The molecule has 1 N–H and O–H groups in total. The molecule has 53 valence electrons. The first kappa shape index (κ1) is 6.99. The molecule has 2 unspecified atom stereocenters. The first-order valence-electron chi connectivity index (χ1n) is 3.23. The quantitative estimate of drug-likeness (QED) is 0.530. The summed E-state index contributed by atoms with van der Waals surface area (Å²) in [5, 5.41) is 13.0. The van der Waals surface area contributed by atoms with Gasteiger partial charge in [0, 0.05) is 6.54 Å². The Morgan fingerprint density at radius 1 is 1.78 bits per heavy atom. The molecule has 0 spiro atoms. The predicted molar refractivity (Wildman–Crippen MR) is 33.0 cm³/mol. The first-order valence-corrected chi connectivity index (χ1v) is 3.23. The Morgan fingerprint density at radius 2 is 2.56 bits per heavy atom. The molecule has 0 aromatic carbocycles. The molecule has 0 saturated carbocycles. The Labute approximate surface area is 55.0 Å². The topological polar surface area (TPSA) is 43.6 Å². The van der Waals surface area contributed by atoms with Gasteiger partial charge in [0.1, 0.15) is 6.73 Å². The minimum Gasteiger partial charge on any atom is -0.391 e. The van der Waals surface area contributed by atoms with Crippen molar-refractivity contribution in [2.24, 2.45) is 0 Å². The SMILES string of the molecule is CC(O)C1CC[N]CO1. The zero-order valence-corrected chi connectivity index (χ0v) is 5.58. The Bertz CT molecular complexity index is 79.1. The van der Waals surface area contributed by atoms with Crippen molar-refractivity contribution in [3.05, 3.63) is 0 Å². The third kappa shape index (κ3) is 1.93. The number of hydrogen-bond donors (Lipinski definition) is 1. The number of rotatable bonds is 1. The number of aliphatic hydroxyl groups is 1. The third-order valence-corrected chi connectivity index (χ3v) is 1.49. The Morgan fingerprint density at radius 3 is 2.89 bits per heavy atom. The van der Waals surface area contributed by atoms with Crippen molar-refractivity contribution in [2.45, 2.75) is 25.6 Å². The lowest BCUT2D eigenvalue weighted by Crippen LogP contribution is -2.36. The van der Waals surface area contributed by atoms with Crippen LogP contribution in [0.4, 0.5) is 0 Å². The smallest absolute Gasteiger partial charge is 0.112 e. The molecule has 3 nitrogen and oxygen atoms in total. The van der Waals surface area contributed by atoms with Crippen LogP contribution in [0, 0.1) is 0 Å². The third-order valence-electron chi connectivity index (χ3n) is 1.49. The molecule has 0 amide bonds. The van der Waals surface area contributed by atoms with Crippen molar-refractivity contribution in [3.8, 4) is 0 Å². The van der Waals surface area contributed by atoms with Gasteiger partial charge in [-0.3, -0.25) is 0 Å². The van der Waals surface area contributed by atoms with Gasteiger partial charge in [-0.2, -0.15) is 0 Å². The second-order valence-electron chi connectivity index (χ2n) is 2.31. The summed E-state index contributed by atoms with van der Waals surface area (Å²) in [5.74, 6) is 0. The highest BCUT2D eigenvalue weighted by atomic mass is 16.5. The fraction of sp³-hybridized carbons (Fsp3) is 1.00. The molecule has 0 aromatic heterocycles. The predicted octanol–water partition coefficient (Wildman–Crippen LogP) is -0.282. The van der Waals surface area contributed by atoms with E-state index in [0.717, 1.165) is 13.0 Å². The van der Waals surface area contributed by atoms with E-state index >= 15 is 0 Å². The van der Waals surface area contributed by atoms with Gasteiger partial charge in [-0.05, 0) is 13.3 Å². The lowest BCUT2D eigenvalue weighted by molar-refractivity contribution is -0.0611. The summed E-state index contributed by atoms with van der Waals surface area (Å²) >= 11 is 0. The van der Waals surface area contributed by atoms with Crippen LogP contribution in [0.3, 0.4) is 0 Å². The second kappa shape index (κ2) is 3.15. The maximum absolute atomic E-state index is 9.01. The van der Waals surface area contributed by atoms with Crippen LogP contribution in [0.5, 0.6) is 0 Å². The van der Waals surface area contributed by atoms with Crippen LogP contribution < -0.4 is 5.32 Å². The molecule has 2 atom stereocenters. The van der Waals surface area contributed by atoms with E-state index in [2.05, 4.69) is 5.32 Å². The van der Waals surface area contributed by atoms with Crippen molar-refractivity contribution >= 4 is 0 Å². The maximum Gasteiger partial charge on any atom is 0.112 e. The van der Waals surface area contributed by atoms with Crippen LogP contribution in [0.1, 0.15) is 13.3 Å². The van der Waals surface area contributed by atoms with Gasteiger partial charge in [0.2, 0.25) is 0 Å². The summed E-state index contributed by atoms with van der Waals surface area (Å²) in [6, 6.07) is 0. The van der Waals surface area contributed by atoms with Crippen molar-refractivity contribution in [2.75, 3.05) is 13.3 Å².